The van der Waals surface area contributed by atoms with Crippen molar-refractivity contribution in [1.29, 1.82) is 0 Å². The van der Waals surface area contributed by atoms with Crippen LogP contribution in [0.5, 0.6) is 11.5 Å². The summed E-state index contributed by atoms with van der Waals surface area (Å²) in [5, 5.41) is 0. The molecule has 1 heterocycles. The summed E-state index contributed by atoms with van der Waals surface area (Å²) in [6.07, 6.45) is 6.93. The van der Waals surface area contributed by atoms with Gasteiger partial charge in [0.2, 0.25) is 0 Å². The standard InChI is InChI=1S/C15H16NO/c1-2-3-6-13-7-4-8-14(11-13)17-15-9-5-10-16-12-15/h4-5,7,9-12H,2-3,6H2,1H3. The van der Waals surface area contributed by atoms with Crippen LogP contribution in [0.2, 0.25) is 0 Å². The maximum Gasteiger partial charge on any atom is 0.145 e. The normalized spacial score (nSPS) is 10.2. The molecule has 0 aliphatic rings. The molecular weight excluding hydrogens is 210 g/mol. The molecule has 1 aromatic carbocycles. The summed E-state index contributed by atoms with van der Waals surface area (Å²) in [6, 6.07) is 12.9. The number of aryl methyl sites for hydroxylation is 1. The maximum absolute atomic E-state index is 5.68. The van der Waals surface area contributed by atoms with Crippen molar-refractivity contribution in [3.8, 4) is 11.5 Å². The minimum Gasteiger partial charge on any atom is -0.455 e. The Labute approximate surface area is 102 Å². The van der Waals surface area contributed by atoms with E-state index in [1.54, 1.807) is 12.4 Å². The molecule has 1 radical (unpaired) electrons. The average Bonchev–Trinajstić information content (AvgIpc) is 2.38. The zero-order chi connectivity index (χ0) is 11.9. The van der Waals surface area contributed by atoms with Crippen molar-refractivity contribution in [3.63, 3.8) is 0 Å². The van der Waals surface area contributed by atoms with E-state index in [1.165, 1.54) is 18.4 Å². The van der Waals surface area contributed by atoms with Gasteiger partial charge in [-0.05, 0) is 36.6 Å². The highest BCUT2D eigenvalue weighted by atomic mass is 16.5. The third kappa shape index (κ3) is 3.59. The van der Waals surface area contributed by atoms with Crippen LogP contribution < -0.4 is 4.74 Å². The lowest BCUT2D eigenvalue weighted by Gasteiger charge is -2.06. The van der Waals surface area contributed by atoms with Crippen molar-refractivity contribution >= 4 is 0 Å². The maximum atomic E-state index is 5.68. The summed E-state index contributed by atoms with van der Waals surface area (Å²) < 4.78 is 5.68. The second-order valence-corrected chi connectivity index (χ2v) is 3.96. The van der Waals surface area contributed by atoms with Crippen LogP contribution in [0.15, 0.2) is 42.7 Å². The van der Waals surface area contributed by atoms with Gasteiger partial charge < -0.3 is 4.74 Å². The highest BCUT2D eigenvalue weighted by Gasteiger charge is 1.99. The van der Waals surface area contributed by atoms with Crippen LogP contribution in [0.3, 0.4) is 0 Å². The first-order valence-corrected chi connectivity index (χ1v) is 5.97. The molecule has 2 rings (SSSR count). The molecule has 0 aliphatic heterocycles. The molecule has 0 spiro atoms. The van der Waals surface area contributed by atoms with Crippen LogP contribution in [0.4, 0.5) is 0 Å². The fourth-order valence-electron chi connectivity index (χ4n) is 1.62. The Kier molecular flexibility index (Phi) is 4.14. The zero-order valence-corrected chi connectivity index (χ0v) is 10.0. The molecule has 0 saturated carbocycles. The summed E-state index contributed by atoms with van der Waals surface area (Å²) in [4.78, 5) is 4.01. The molecule has 87 valence electrons. The topological polar surface area (TPSA) is 22.1 Å². The Bertz CT molecular complexity index is 453. The van der Waals surface area contributed by atoms with Gasteiger partial charge in [-0.3, -0.25) is 4.98 Å². The molecule has 1 aromatic heterocycles. The highest BCUT2D eigenvalue weighted by molar-refractivity contribution is 5.31. The van der Waals surface area contributed by atoms with Gasteiger partial charge in [-0.15, -0.1) is 0 Å². The van der Waals surface area contributed by atoms with Gasteiger partial charge in [0, 0.05) is 12.3 Å². The smallest absolute Gasteiger partial charge is 0.145 e. The van der Waals surface area contributed by atoms with Crippen LogP contribution in [0.1, 0.15) is 25.3 Å². The third-order valence-electron chi connectivity index (χ3n) is 2.52. The Morgan fingerprint density at radius 2 is 2.29 bits per heavy atom. The second kappa shape index (κ2) is 6.04. The highest BCUT2D eigenvalue weighted by Crippen LogP contribution is 2.21. The molecule has 2 nitrogen and oxygen atoms in total. The molecule has 17 heavy (non-hydrogen) atoms. The summed E-state index contributed by atoms with van der Waals surface area (Å²) in [5.41, 5.74) is 1.30. The Morgan fingerprint density at radius 3 is 3.06 bits per heavy atom. The summed E-state index contributed by atoms with van der Waals surface area (Å²) in [7, 11) is 0. The first-order chi connectivity index (χ1) is 8.38. The molecule has 0 N–H and O–H groups in total. The second-order valence-electron chi connectivity index (χ2n) is 3.96. The zero-order valence-electron chi connectivity index (χ0n) is 10.0. The van der Waals surface area contributed by atoms with E-state index in [-0.39, 0.29) is 0 Å². The minimum absolute atomic E-state index is 0.747. The molecule has 2 heteroatoms. The van der Waals surface area contributed by atoms with Gasteiger partial charge in [0.1, 0.15) is 11.5 Å². The van der Waals surface area contributed by atoms with Crippen LogP contribution in [-0.2, 0) is 6.42 Å². The van der Waals surface area contributed by atoms with Gasteiger partial charge in [-0.1, -0.05) is 25.5 Å². The summed E-state index contributed by atoms with van der Waals surface area (Å²) in [6.45, 7) is 2.20. The number of aromatic nitrogens is 1. The quantitative estimate of drug-likeness (QED) is 0.768. The molecule has 2 aromatic rings. The lowest BCUT2D eigenvalue weighted by molar-refractivity contribution is 0.478. The third-order valence-corrected chi connectivity index (χ3v) is 2.52. The van der Waals surface area contributed by atoms with Crippen molar-refractivity contribution in [1.82, 2.24) is 4.98 Å². The Morgan fingerprint density at radius 1 is 1.35 bits per heavy atom. The van der Waals surface area contributed by atoms with Crippen molar-refractivity contribution in [2.24, 2.45) is 0 Å². The average molecular weight is 226 g/mol. The lowest BCUT2D eigenvalue weighted by atomic mass is 10.1. The van der Waals surface area contributed by atoms with Crippen LogP contribution in [0.25, 0.3) is 0 Å². The number of pyridine rings is 1. The number of nitrogens with zero attached hydrogens (tertiary/aromatic N) is 1. The van der Waals surface area contributed by atoms with Crippen molar-refractivity contribution in [3.05, 3.63) is 54.4 Å². The van der Waals surface area contributed by atoms with Crippen LogP contribution in [0, 0.1) is 6.07 Å². The van der Waals surface area contributed by atoms with Gasteiger partial charge in [-0.2, -0.15) is 0 Å². The van der Waals surface area contributed by atoms with Gasteiger partial charge in [0.15, 0.2) is 0 Å². The van der Waals surface area contributed by atoms with Gasteiger partial charge in [-0.25, -0.2) is 0 Å². The lowest BCUT2D eigenvalue weighted by Crippen LogP contribution is -1.88. The van der Waals surface area contributed by atoms with E-state index in [0.29, 0.717) is 0 Å². The Hall–Kier alpha value is -1.83. The van der Waals surface area contributed by atoms with Crippen molar-refractivity contribution in [2.45, 2.75) is 26.2 Å². The molecule has 0 aliphatic carbocycles. The predicted molar refractivity (Wildman–Crippen MR) is 68.2 cm³/mol. The fourth-order valence-corrected chi connectivity index (χ4v) is 1.62. The first-order valence-electron chi connectivity index (χ1n) is 5.97. The van der Waals surface area contributed by atoms with Gasteiger partial charge in [0.05, 0.1) is 6.20 Å². The van der Waals surface area contributed by atoms with E-state index < -0.39 is 0 Å². The van der Waals surface area contributed by atoms with Gasteiger partial charge in [0.25, 0.3) is 0 Å². The monoisotopic (exact) mass is 226 g/mol. The number of hydrogen-bond acceptors (Lipinski definition) is 2. The van der Waals surface area contributed by atoms with Crippen molar-refractivity contribution in [2.75, 3.05) is 0 Å². The van der Waals surface area contributed by atoms with E-state index in [9.17, 15) is 0 Å². The molecule has 0 bridgehead atoms. The molecule has 0 amide bonds. The SMILES string of the molecule is CCCCc1cc[c]c(Oc2cccnc2)c1. The van der Waals surface area contributed by atoms with Crippen molar-refractivity contribution < 1.29 is 4.74 Å². The van der Waals surface area contributed by atoms with Crippen LogP contribution in [-0.4, -0.2) is 4.98 Å². The summed E-state index contributed by atoms with van der Waals surface area (Å²) >= 11 is 0. The van der Waals surface area contributed by atoms with E-state index in [2.05, 4.69) is 24.0 Å². The van der Waals surface area contributed by atoms with E-state index in [4.69, 9.17) is 4.74 Å². The number of benzene rings is 1. The van der Waals surface area contributed by atoms with Crippen LogP contribution >= 0.6 is 0 Å². The largest absolute Gasteiger partial charge is 0.455 e. The van der Waals surface area contributed by atoms with E-state index >= 15 is 0 Å². The molecule has 0 unspecified atom stereocenters. The molecule has 0 atom stereocenters. The molecule has 0 fully saturated rings. The molecular formula is C15H16NO. The minimum atomic E-state index is 0.747. The Balaban J connectivity index is 2.06. The predicted octanol–water partition coefficient (Wildman–Crippen LogP) is 4.02. The number of rotatable bonds is 5. The van der Waals surface area contributed by atoms with E-state index in [0.717, 1.165) is 17.9 Å². The first kappa shape index (κ1) is 11.6. The number of hydrogen-bond donors (Lipinski definition) is 0. The fraction of sp³-hybridized carbons (Fsp3) is 0.267. The number of ether oxygens (including phenoxy) is 1. The van der Waals surface area contributed by atoms with Gasteiger partial charge >= 0.3 is 0 Å². The molecule has 0 saturated heterocycles. The summed E-state index contributed by atoms with van der Waals surface area (Å²) in [5.74, 6) is 1.50. The number of unbranched alkanes of at least 4 members (excludes halogenated alkanes) is 1. The van der Waals surface area contributed by atoms with E-state index in [1.807, 2.05) is 24.3 Å².